The summed E-state index contributed by atoms with van der Waals surface area (Å²) in [5, 5.41) is 9.92. The van der Waals surface area contributed by atoms with E-state index in [4.69, 9.17) is 18.0 Å². The number of aromatic amines is 1. The van der Waals surface area contributed by atoms with Crippen molar-refractivity contribution in [2.75, 3.05) is 39.0 Å². The van der Waals surface area contributed by atoms with E-state index in [1.165, 1.54) is 6.20 Å². The molecule has 2 aromatic heterocycles. The number of aromatic nitrogens is 4. The highest BCUT2D eigenvalue weighted by atomic mass is 35.5. The summed E-state index contributed by atoms with van der Waals surface area (Å²) < 4.78 is 1.94. The standard InChI is InChI=1S/C25H28ClN7O2/c1-4-17-15-27-30-22(17)24(35)29-25-28-20-11-7-10-19(26)23(20)33(25)18-9-5-6-14-32(16-18)21(34)12-8-13-31(2)3/h1,7-8,10-12,15,18H,5-6,9,13-14,16H2,2-3H3,(H,27,30)(H,28,29,35)/b12-8+/t18-/m1/s1. The summed E-state index contributed by atoms with van der Waals surface area (Å²) >= 11 is 6.60. The third kappa shape index (κ3) is 5.39. The number of likely N-dealkylation sites (tertiary alicyclic amines) is 1. The SMILES string of the molecule is C#Cc1cn[nH]c1C(=O)Nc1nc2cccc(Cl)c2n1[C@@H]1CCCCN(C(=O)/C=C/CN(C)C)C1. The Morgan fingerprint density at radius 1 is 1.37 bits per heavy atom. The van der Waals surface area contributed by atoms with Crippen molar-refractivity contribution in [2.45, 2.75) is 25.3 Å². The first kappa shape index (κ1) is 24.5. The number of benzene rings is 1. The van der Waals surface area contributed by atoms with Crippen LogP contribution in [0.2, 0.25) is 5.02 Å². The Hall–Kier alpha value is -3.61. The molecule has 0 unspecified atom stereocenters. The maximum atomic E-state index is 13.0. The number of nitrogens with one attached hydrogen (secondary N) is 2. The van der Waals surface area contributed by atoms with Crippen molar-refractivity contribution in [3.8, 4) is 12.3 Å². The topological polar surface area (TPSA) is 99.1 Å². The highest BCUT2D eigenvalue weighted by Crippen LogP contribution is 2.34. The van der Waals surface area contributed by atoms with Crippen LogP contribution in [0.1, 0.15) is 41.4 Å². The molecule has 1 saturated heterocycles. The van der Waals surface area contributed by atoms with Gasteiger partial charge < -0.3 is 14.4 Å². The van der Waals surface area contributed by atoms with Crippen molar-refractivity contribution in [3.63, 3.8) is 0 Å². The number of hydrogen-bond acceptors (Lipinski definition) is 5. The van der Waals surface area contributed by atoms with Crippen LogP contribution in [0.15, 0.2) is 36.5 Å². The predicted molar refractivity (Wildman–Crippen MR) is 136 cm³/mol. The monoisotopic (exact) mass is 493 g/mol. The van der Waals surface area contributed by atoms with E-state index in [1.807, 2.05) is 46.7 Å². The van der Waals surface area contributed by atoms with Crippen molar-refractivity contribution in [2.24, 2.45) is 0 Å². The molecule has 1 fully saturated rings. The molecule has 2 amide bonds. The van der Waals surface area contributed by atoms with Crippen LogP contribution in [0.25, 0.3) is 11.0 Å². The molecule has 9 nitrogen and oxygen atoms in total. The Labute approximate surface area is 209 Å². The molecule has 4 rings (SSSR count). The van der Waals surface area contributed by atoms with E-state index >= 15 is 0 Å². The normalized spacial score (nSPS) is 16.5. The van der Waals surface area contributed by atoms with E-state index in [-0.39, 0.29) is 17.6 Å². The Kier molecular flexibility index (Phi) is 7.54. The first-order valence-electron chi connectivity index (χ1n) is 11.5. The third-order valence-corrected chi connectivity index (χ3v) is 6.27. The minimum absolute atomic E-state index is 0.0315. The summed E-state index contributed by atoms with van der Waals surface area (Å²) in [5.74, 6) is 2.32. The van der Waals surface area contributed by atoms with E-state index < -0.39 is 5.91 Å². The van der Waals surface area contributed by atoms with Crippen molar-refractivity contribution >= 4 is 40.4 Å². The smallest absolute Gasteiger partial charge is 0.277 e. The fourth-order valence-electron chi connectivity index (χ4n) is 4.28. The largest absolute Gasteiger partial charge is 0.337 e. The summed E-state index contributed by atoms with van der Waals surface area (Å²) in [6.45, 7) is 1.84. The van der Waals surface area contributed by atoms with Gasteiger partial charge >= 0.3 is 0 Å². The van der Waals surface area contributed by atoms with E-state index in [1.54, 1.807) is 12.1 Å². The van der Waals surface area contributed by atoms with Gasteiger partial charge in [0.1, 0.15) is 5.69 Å². The number of fused-ring (bicyclic) bond motifs is 1. The lowest BCUT2D eigenvalue weighted by Crippen LogP contribution is -2.35. The number of terminal acetylenes is 1. The molecule has 1 aromatic carbocycles. The van der Waals surface area contributed by atoms with Gasteiger partial charge in [-0.05, 0) is 45.5 Å². The predicted octanol–water partition coefficient (Wildman–Crippen LogP) is 3.32. The number of halogens is 1. The Balaban J connectivity index is 1.69. The lowest BCUT2D eigenvalue weighted by molar-refractivity contribution is -0.126. The molecule has 0 aliphatic carbocycles. The van der Waals surface area contributed by atoms with Crippen LogP contribution >= 0.6 is 11.6 Å². The van der Waals surface area contributed by atoms with Crippen LogP contribution < -0.4 is 5.32 Å². The van der Waals surface area contributed by atoms with Gasteiger partial charge in [0, 0.05) is 25.7 Å². The molecule has 35 heavy (non-hydrogen) atoms. The molecular formula is C25H28ClN7O2. The van der Waals surface area contributed by atoms with Crippen molar-refractivity contribution in [3.05, 3.63) is 52.8 Å². The third-order valence-electron chi connectivity index (χ3n) is 5.96. The molecule has 3 aromatic rings. The van der Waals surface area contributed by atoms with Crippen LogP contribution in [0.3, 0.4) is 0 Å². The Morgan fingerprint density at radius 2 is 2.20 bits per heavy atom. The first-order chi connectivity index (χ1) is 16.9. The molecule has 0 saturated carbocycles. The molecule has 1 atom stereocenters. The second-order valence-electron chi connectivity index (χ2n) is 8.77. The summed E-state index contributed by atoms with van der Waals surface area (Å²) in [6.07, 6.45) is 13.0. The van der Waals surface area contributed by atoms with Gasteiger partial charge in [-0.1, -0.05) is 29.7 Å². The van der Waals surface area contributed by atoms with Gasteiger partial charge in [0.2, 0.25) is 11.9 Å². The van der Waals surface area contributed by atoms with E-state index in [0.717, 1.165) is 19.3 Å². The number of hydrogen-bond donors (Lipinski definition) is 2. The van der Waals surface area contributed by atoms with Gasteiger partial charge in [-0.2, -0.15) is 5.10 Å². The summed E-state index contributed by atoms with van der Waals surface area (Å²) in [4.78, 5) is 34.5. The molecule has 1 aliphatic heterocycles. The number of H-pyrrole nitrogens is 1. The minimum Gasteiger partial charge on any atom is -0.337 e. The molecule has 0 spiro atoms. The number of nitrogens with zero attached hydrogens (tertiary/aromatic N) is 5. The lowest BCUT2D eigenvalue weighted by Gasteiger charge is -2.26. The second kappa shape index (κ2) is 10.8. The average molecular weight is 494 g/mol. The molecule has 0 radical (unpaired) electrons. The zero-order valence-electron chi connectivity index (χ0n) is 19.8. The van der Waals surface area contributed by atoms with Crippen LogP contribution in [0.5, 0.6) is 0 Å². The van der Waals surface area contributed by atoms with E-state index in [0.29, 0.717) is 47.2 Å². The second-order valence-corrected chi connectivity index (χ2v) is 9.18. The number of anilines is 1. The van der Waals surface area contributed by atoms with E-state index in [2.05, 4.69) is 26.4 Å². The molecule has 10 heteroatoms. The molecular weight excluding hydrogens is 466 g/mol. The maximum absolute atomic E-state index is 13.0. The zero-order valence-corrected chi connectivity index (χ0v) is 20.5. The maximum Gasteiger partial charge on any atom is 0.277 e. The van der Waals surface area contributed by atoms with Crippen molar-refractivity contribution in [1.82, 2.24) is 29.5 Å². The highest BCUT2D eigenvalue weighted by Gasteiger charge is 2.28. The summed E-state index contributed by atoms with van der Waals surface area (Å²) in [7, 11) is 3.91. The van der Waals surface area contributed by atoms with Crippen molar-refractivity contribution < 1.29 is 9.59 Å². The Morgan fingerprint density at radius 3 is 2.97 bits per heavy atom. The van der Waals surface area contributed by atoms with Crippen molar-refractivity contribution in [1.29, 1.82) is 0 Å². The lowest BCUT2D eigenvalue weighted by atomic mass is 10.1. The fraction of sp³-hybridized carbons (Fsp3) is 0.360. The average Bonchev–Trinajstić information content (AvgIpc) is 3.37. The molecule has 182 valence electrons. The molecule has 3 heterocycles. The number of para-hydroxylation sites is 1. The molecule has 0 bridgehead atoms. The van der Waals surface area contributed by atoms with Crippen LogP contribution in [0.4, 0.5) is 5.95 Å². The molecule has 2 N–H and O–H groups in total. The van der Waals surface area contributed by atoms with Crippen LogP contribution in [0, 0.1) is 12.3 Å². The number of amides is 2. The number of imidazole rings is 1. The highest BCUT2D eigenvalue weighted by molar-refractivity contribution is 6.35. The van der Waals surface area contributed by atoms with Crippen LogP contribution in [-0.4, -0.2) is 75.1 Å². The van der Waals surface area contributed by atoms with Gasteiger partial charge in [-0.3, -0.25) is 20.0 Å². The van der Waals surface area contributed by atoms with Crippen LogP contribution in [-0.2, 0) is 4.79 Å². The summed E-state index contributed by atoms with van der Waals surface area (Å²) in [6, 6.07) is 5.33. The molecule has 1 aliphatic rings. The fourth-order valence-corrected chi connectivity index (χ4v) is 4.54. The quantitative estimate of drug-likeness (QED) is 0.405. The Bertz CT molecular complexity index is 1300. The number of carbonyl (C=O) groups is 2. The van der Waals surface area contributed by atoms with Gasteiger partial charge in [0.05, 0.1) is 33.9 Å². The zero-order chi connectivity index (χ0) is 24.9. The first-order valence-corrected chi connectivity index (χ1v) is 11.8. The number of rotatable bonds is 6. The minimum atomic E-state index is -0.448. The van der Waals surface area contributed by atoms with Gasteiger partial charge in [0.15, 0.2) is 0 Å². The number of likely N-dealkylation sites (N-methyl/N-ethyl adjacent to an activating group) is 1. The number of carbonyl (C=O) groups excluding carboxylic acids is 2. The van der Waals surface area contributed by atoms with E-state index in [9.17, 15) is 9.59 Å². The van der Waals surface area contributed by atoms with Gasteiger partial charge in [-0.25, -0.2) is 4.98 Å². The van der Waals surface area contributed by atoms with Gasteiger partial charge in [-0.15, -0.1) is 6.42 Å². The summed E-state index contributed by atoms with van der Waals surface area (Å²) in [5.41, 5.74) is 1.91. The van der Waals surface area contributed by atoms with Gasteiger partial charge in [0.25, 0.3) is 5.91 Å².